The van der Waals surface area contributed by atoms with Gasteiger partial charge in [0.2, 0.25) is 0 Å². The van der Waals surface area contributed by atoms with Gasteiger partial charge in [0.1, 0.15) is 18.8 Å². The molecule has 222 valence electrons. The van der Waals surface area contributed by atoms with Gasteiger partial charge < -0.3 is 45.9 Å². The topological polar surface area (TPSA) is 205 Å². The minimum atomic E-state index is -1.41. The van der Waals surface area contributed by atoms with Gasteiger partial charge in [-0.2, -0.15) is 0 Å². The molecule has 0 aromatic carbocycles. The second-order valence-electron chi connectivity index (χ2n) is 11.1. The van der Waals surface area contributed by atoms with Crippen LogP contribution in [-0.2, 0) is 9.47 Å². The maximum Gasteiger partial charge on any atom is 0.271 e. The minimum absolute atomic E-state index is 0.0264. The fraction of sp³-hybridized carbons (Fsp3) is 1.00. The van der Waals surface area contributed by atoms with E-state index in [2.05, 4.69) is 5.28 Å². The Labute approximate surface area is 224 Å². The normalized spacial score (nSPS) is 40.3. The van der Waals surface area contributed by atoms with Gasteiger partial charge in [-0.05, 0) is 12.8 Å². The molecule has 0 aromatic rings. The molecule has 5 fully saturated rings. The average Bonchev–Trinajstić information content (AvgIpc) is 2.91. The van der Waals surface area contributed by atoms with Crippen molar-refractivity contribution in [1.29, 1.82) is 0 Å². The number of hydrogen-bond donors (Lipinski definition) is 8. The van der Waals surface area contributed by atoms with Crippen molar-refractivity contribution in [2.24, 2.45) is 22.8 Å². The number of fused-ring (bicyclic) bond motifs is 2. The third kappa shape index (κ3) is 7.66. The van der Waals surface area contributed by atoms with Crippen molar-refractivity contribution >= 4 is 0 Å². The van der Waals surface area contributed by atoms with Gasteiger partial charge in [0.15, 0.2) is 0 Å². The van der Waals surface area contributed by atoms with Crippen LogP contribution in [0.25, 0.3) is 0 Å². The maximum absolute atomic E-state index is 11.3. The summed E-state index contributed by atoms with van der Waals surface area (Å²) in [6, 6.07) is 0. The van der Waals surface area contributed by atoms with Gasteiger partial charge >= 0.3 is 0 Å². The standard InChI is InChI=1S/C25H48N4O9/c26-12-13-28(29(36)27-35)14-18-16-10-8-6-4-2-1-3-5-7-9-11-17-22(32)23(33)20(19(15-30)37-17)25(38-18)24(34)21(16)31/h16-25,30-34,36H,1-15,26H2/p+1/t16?,17-,18?,19?,20?,21+,22+,23+,24-,25-/m1/s1. The predicted octanol–water partition coefficient (Wildman–Crippen LogP) is -0.0870. The summed E-state index contributed by atoms with van der Waals surface area (Å²) in [6.07, 6.45) is 1.46. The molecule has 13 nitrogen and oxygen atoms in total. The minimum Gasteiger partial charge on any atom is -0.394 e. The Morgan fingerprint density at radius 2 is 1.39 bits per heavy atom. The first-order valence-electron chi connectivity index (χ1n) is 14.3. The zero-order valence-corrected chi connectivity index (χ0v) is 22.2. The second-order valence-corrected chi connectivity index (χ2v) is 11.1. The summed E-state index contributed by atoms with van der Waals surface area (Å²) in [5.74, 6) is -1.54. The summed E-state index contributed by atoms with van der Waals surface area (Å²) in [7, 11) is 0. The molecular weight excluding hydrogens is 500 g/mol. The first-order valence-corrected chi connectivity index (χ1v) is 14.3. The van der Waals surface area contributed by atoms with E-state index in [4.69, 9.17) is 20.4 Å². The maximum atomic E-state index is 11.3. The Hall–Kier alpha value is -1.32. The smallest absolute Gasteiger partial charge is 0.271 e. The van der Waals surface area contributed by atoms with Crippen LogP contribution in [0.5, 0.6) is 0 Å². The van der Waals surface area contributed by atoms with Gasteiger partial charge in [0, 0.05) is 18.4 Å². The highest BCUT2D eigenvalue weighted by Gasteiger charge is 2.55. The number of nitrogens with two attached hydrogens (primary N) is 1. The van der Waals surface area contributed by atoms with Gasteiger partial charge in [-0.1, -0.05) is 57.8 Å². The van der Waals surface area contributed by atoms with Gasteiger partial charge in [0.05, 0.1) is 49.8 Å². The van der Waals surface area contributed by atoms with E-state index in [0.717, 1.165) is 57.8 Å². The van der Waals surface area contributed by atoms with E-state index in [1.165, 1.54) is 5.01 Å². The fourth-order valence-electron chi connectivity index (χ4n) is 6.41. The Morgan fingerprint density at radius 1 is 0.789 bits per heavy atom. The molecule has 38 heavy (non-hydrogen) atoms. The molecule has 5 aliphatic rings. The molecule has 9 N–H and O–H groups in total. The quantitative estimate of drug-likeness (QED) is 0.125. The lowest BCUT2D eigenvalue weighted by molar-refractivity contribution is -0.941. The first-order chi connectivity index (χ1) is 18.3. The number of hydrogen-bond acceptors (Lipinski definition) is 9. The van der Waals surface area contributed by atoms with E-state index in [0.29, 0.717) is 12.8 Å². The summed E-state index contributed by atoms with van der Waals surface area (Å²) >= 11 is 0. The molecule has 5 heterocycles. The molecule has 0 saturated carbocycles. The van der Waals surface area contributed by atoms with E-state index in [-0.39, 0.29) is 24.6 Å². The monoisotopic (exact) mass is 549 g/mol. The Kier molecular flexibility index (Phi) is 12.7. The second kappa shape index (κ2) is 15.5. The van der Waals surface area contributed by atoms with Crippen LogP contribution in [-0.4, -0.2) is 121 Å². The van der Waals surface area contributed by atoms with Crippen molar-refractivity contribution in [3.63, 3.8) is 0 Å². The van der Waals surface area contributed by atoms with Crippen molar-refractivity contribution in [3.05, 3.63) is 0 Å². The van der Waals surface area contributed by atoms with Crippen LogP contribution in [0.1, 0.15) is 70.6 Å². The summed E-state index contributed by atoms with van der Waals surface area (Å²) < 4.78 is 12.4. The number of nitrogens with zero attached hydrogens (tertiary/aromatic N) is 3. The number of rotatable bonds is 6. The number of hydrazine groups is 1. The molecule has 0 radical (unpaired) electrons. The van der Waals surface area contributed by atoms with E-state index < -0.39 is 67.3 Å². The molecule has 5 saturated heterocycles. The Balaban J connectivity index is 1.91. The zero-order chi connectivity index (χ0) is 27.7. The molecule has 5 rings (SSSR count). The first kappa shape index (κ1) is 31.2. The predicted molar refractivity (Wildman–Crippen MR) is 133 cm³/mol. The summed E-state index contributed by atoms with van der Waals surface area (Å²) in [4.78, 5) is 0.255. The molecule has 0 amide bonds. The average molecular weight is 550 g/mol. The molecule has 4 unspecified atom stereocenters. The highest BCUT2D eigenvalue weighted by atomic mass is 16.6. The van der Waals surface area contributed by atoms with Crippen LogP contribution in [0.4, 0.5) is 0 Å². The van der Waals surface area contributed by atoms with E-state index >= 15 is 0 Å². The number of aliphatic hydroxyl groups is 5. The Bertz CT molecular complexity index is 718. The van der Waals surface area contributed by atoms with Gasteiger partial charge in [0.25, 0.3) is 10.2 Å². The van der Waals surface area contributed by atoms with Crippen LogP contribution >= 0.6 is 0 Å². The summed E-state index contributed by atoms with van der Waals surface area (Å²) in [6.45, 7) is -0.241. The van der Waals surface area contributed by atoms with Crippen LogP contribution in [0.15, 0.2) is 5.28 Å². The molecule has 0 aliphatic carbocycles. The zero-order valence-electron chi connectivity index (χ0n) is 22.2. The number of ether oxygens (including phenoxy) is 2. The van der Waals surface area contributed by atoms with Crippen molar-refractivity contribution in [2.45, 2.75) is 119 Å². The fourth-order valence-corrected chi connectivity index (χ4v) is 6.41. The molecular formula is C25H49N4O9+. The largest absolute Gasteiger partial charge is 0.394 e. The van der Waals surface area contributed by atoms with Crippen LogP contribution in [0.3, 0.4) is 0 Å². The third-order valence-electron chi connectivity index (χ3n) is 8.54. The lowest BCUT2D eigenvalue weighted by atomic mass is 9.74. The molecule has 4 bridgehead atoms. The van der Waals surface area contributed by atoms with Crippen LogP contribution in [0.2, 0.25) is 0 Å². The lowest BCUT2D eigenvalue weighted by Crippen LogP contribution is -2.66. The van der Waals surface area contributed by atoms with Gasteiger partial charge in [-0.3, -0.25) is 0 Å². The van der Waals surface area contributed by atoms with Crippen molar-refractivity contribution in [1.82, 2.24) is 5.01 Å². The van der Waals surface area contributed by atoms with E-state index in [1.54, 1.807) is 0 Å². The van der Waals surface area contributed by atoms with Gasteiger partial charge in [-0.25, -0.2) is 5.21 Å². The highest BCUT2D eigenvalue weighted by molar-refractivity contribution is 5.02. The van der Waals surface area contributed by atoms with Crippen molar-refractivity contribution in [2.75, 3.05) is 26.2 Å². The molecule has 0 aromatic heterocycles. The molecule has 5 aliphatic heterocycles. The third-order valence-corrected chi connectivity index (χ3v) is 8.54. The van der Waals surface area contributed by atoms with Crippen LogP contribution < -0.4 is 5.73 Å². The number of aliphatic hydroxyl groups excluding tert-OH is 5. The summed E-state index contributed by atoms with van der Waals surface area (Å²) in [5.41, 5.74) is 5.67. The molecule has 0 spiro atoms. The Morgan fingerprint density at radius 3 is 1.97 bits per heavy atom. The summed E-state index contributed by atoms with van der Waals surface area (Å²) in [5, 5.41) is 77.9. The van der Waals surface area contributed by atoms with Crippen LogP contribution in [0, 0.1) is 11.8 Å². The SMILES string of the molecule is NCCN(CC1O[C@@H]2C3C(CO)O[C@H](CCCCCCCCCCCC1[C@H](O)[C@H]2O)[C@H](O)[C@H]3O)/[N+](O)=N/O. The van der Waals surface area contributed by atoms with Crippen molar-refractivity contribution in [3.8, 4) is 0 Å². The van der Waals surface area contributed by atoms with Crippen molar-refractivity contribution < 1.29 is 50.4 Å². The molecule has 10 atom stereocenters. The van der Waals surface area contributed by atoms with E-state index in [9.17, 15) is 30.7 Å². The lowest BCUT2D eigenvalue weighted by Gasteiger charge is -2.51. The highest BCUT2D eigenvalue weighted by Crippen LogP contribution is 2.40. The molecule has 13 heteroatoms. The van der Waals surface area contributed by atoms with Gasteiger partial charge in [-0.15, -0.1) is 5.01 Å². The van der Waals surface area contributed by atoms with E-state index in [1.807, 2.05) is 0 Å².